The highest BCUT2D eigenvalue weighted by molar-refractivity contribution is 9.10. The number of likely N-dealkylation sites (N-methyl/N-ethyl adjacent to an activating group) is 1. The van der Waals surface area contributed by atoms with E-state index in [0.717, 1.165) is 21.3 Å². The quantitative estimate of drug-likeness (QED) is 0.715. The number of furan rings is 1. The van der Waals surface area contributed by atoms with Crippen LogP contribution in [-0.2, 0) is 17.8 Å². The van der Waals surface area contributed by atoms with Crippen LogP contribution in [0.3, 0.4) is 0 Å². The normalized spacial score (nSPS) is 12.5. The third kappa shape index (κ3) is 3.62. The lowest BCUT2D eigenvalue weighted by atomic mass is 10.1. The summed E-state index contributed by atoms with van der Waals surface area (Å²) in [6.07, 6.45) is 3.73. The number of nitrogens with two attached hydrogens (primary N) is 1. The largest absolute Gasteiger partial charge is 0.461 e. The van der Waals surface area contributed by atoms with Gasteiger partial charge in [-0.1, -0.05) is 15.9 Å². The molecule has 1 unspecified atom stereocenters. The predicted molar refractivity (Wildman–Crippen MR) is 90.7 cm³/mol. The van der Waals surface area contributed by atoms with E-state index >= 15 is 0 Å². The zero-order valence-electron chi connectivity index (χ0n) is 12.6. The summed E-state index contributed by atoms with van der Waals surface area (Å²) >= 11 is 3.43. The summed E-state index contributed by atoms with van der Waals surface area (Å²) in [4.78, 5) is 21.0. The maximum atomic E-state index is 12.4. The topological polar surface area (TPSA) is 88.2 Å². The molecule has 6 nitrogen and oxygen atoms in total. The van der Waals surface area contributed by atoms with Gasteiger partial charge in [-0.25, -0.2) is 4.98 Å². The molecule has 120 valence electrons. The van der Waals surface area contributed by atoms with E-state index in [2.05, 4.69) is 25.9 Å². The first-order valence-corrected chi connectivity index (χ1v) is 7.99. The summed E-state index contributed by atoms with van der Waals surface area (Å²) in [5.41, 5.74) is 6.82. The molecule has 3 N–H and O–H groups in total. The molecule has 0 aliphatic heterocycles. The third-order valence-electron chi connectivity index (χ3n) is 3.59. The molecule has 1 aromatic carbocycles. The number of carbonyl (C=O) groups excluding carboxylic acids is 1. The number of H-pyrrole nitrogens is 1. The summed E-state index contributed by atoms with van der Waals surface area (Å²) in [6.45, 7) is 0.395. The Morgan fingerprint density at radius 3 is 3.04 bits per heavy atom. The molecule has 0 aliphatic carbocycles. The molecular weight excluding hydrogens is 360 g/mol. The molecule has 0 fully saturated rings. The Kier molecular flexibility index (Phi) is 4.49. The van der Waals surface area contributed by atoms with Crippen LogP contribution in [0, 0.1) is 0 Å². The van der Waals surface area contributed by atoms with Crippen molar-refractivity contribution in [3.05, 3.63) is 52.7 Å². The first kappa shape index (κ1) is 15.8. The summed E-state index contributed by atoms with van der Waals surface area (Å²) in [5, 5.41) is 0.984. The van der Waals surface area contributed by atoms with E-state index in [0.29, 0.717) is 18.7 Å². The van der Waals surface area contributed by atoms with Crippen molar-refractivity contribution < 1.29 is 9.21 Å². The maximum Gasteiger partial charge on any atom is 0.240 e. The Hall–Kier alpha value is -2.12. The molecule has 23 heavy (non-hydrogen) atoms. The van der Waals surface area contributed by atoms with E-state index in [-0.39, 0.29) is 5.91 Å². The van der Waals surface area contributed by atoms with Crippen molar-refractivity contribution in [2.75, 3.05) is 7.05 Å². The fraction of sp³-hybridized carbons (Fsp3) is 0.250. The van der Waals surface area contributed by atoms with Crippen molar-refractivity contribution in [2.45, 2.75) is 19.0 Å². The van der Waals surface area contributed by atoms with E-state index in [1.54, 1.807) is 24.3 Å². The molecule has 1 atom stereocenters. The average Bonchev–Trinajstić information content (AvgIpc) is 3.14. The first-order valence-electron chi connectivity index (χ1n) is 7.19. The molecule has 3 rings (SSSR count). The predicted octanol–water partition coefficient (Wildman–Crippen LogP) is 2.45. The van der Waals surface area contributed by atoms with Crippen molar-refractivity contribution in [3.63, 3.8) is 0 Å². The van der Waals surface area contributed by atoms with Crippen LogP contribution < -0.4 is 5.73 Å². The number of benzene rings is 1. The molecule has 0 saturated carbocycles. The van der Waals surface area contributed by atoms with Crippen molar-refractivity contribution >= 4 is 32.8 Å². The van der Waals surface area contributed by atoms with Crippen LogP contribution in [0.25, 0.3) is 11.0 Å². The van der Waals surface area contributed by atoms with E-state index in [9.17, 15) is 4.79 Å². The molecule has 0 aliphatic rings. The van der Waals surface area contributed by atoms with Crippen molar-refractivity contribution in [1.82, 2.24) is 14.9 Å². The average molecular weight is 377 g/mol. The van der Waals surface area contributed by atoms with E-state index in [1.165, 1.54) is 0 Å². The summed E-state index contributed by atoms with van der Waals surface area (Å²) in [5.74, 6) is 1.27. The number of imidazole rings is 1. The molecule has 1 amide bonds. The number of fused-ring (bicyclic) bond motifs is 1. The molecule has 0 saturated heterocycles. The van der Waals surface area contributed by atoms with Crippen LogP contribution in [0.15, 0.2) is 45.5 Å². The van der Waals surface area contributed by atoms with E-state index in [1.807, 2.05) is 24.3 Å². The third-order valence-corrected chi connectivity index (χ3v) is 4.08. The van der Waals surface area contributed by atoms with Crippen molar-refractivity contribution in [2.24, 2.45) is 5.73 Å². The van der Waals surface area contributed by atoms with E-state index < -0.39 is 6.04 Å². The number of nitrogens with one attached hydrogen (secondary N) is 1. The van der Waals surface area contributed by atoms with E-state index in [4.69, 9.17) is 10.2 Å². The van der Waals surface area contributed by atoms with Gasteiger partial charge in [0.25, 0.3) is 0 Å². The van der Waals surface area contributed by atoms with Gasteiger partial charge in [-0.05, 0) is 24.3 Å². The Morgan fingerprint density at radius 2 is 2.30 bits per heavy atom. The Morgan fingerprint density at radius 1 is 1.48 bits per heavy atom. The highest BCUT2D eigenvalue weighted by Crippen LogP contribution is 2.24. The number of aromatic nitrogens is 2. The lowest BCUT2D eigenvalue weighted by Gasteiger charge is -2.19. The monoisotopic (exact) mass is 376 g/mol. The number of rotatable bonds is 5. The lowest BCUT2D eigenvalue weighted by Crippen LogP contribution is -2.42. The number of hydrogen-bond donors (Lipinski definition) is 2. The van der Waals surface area contributed by atoms with Gasteiger partial charge in [0.15, 0.2) is 0 Å². The van der Waals surface area contributed by atoms with Gasteiger partial charge in [0.05, 0.1) is 12.6 Å². The second kappa shape index (κ2) is 6.55. The molecule has 2 heterocycles. The smallest absolute Gasteiger partial charge is 0.240 e. The van der Waals surface area contributed by atoms with Crippen LogP contribution in [0.1, 0.15) is 11.6 Å². The van der Waals surface area contributed by atoms with Crippen molar-refractivity contribution in [1.29, 1.82) is 0 Å². The van der Waals surface area contributed by atoms with Gasteiger partial charge < -0.3 is 20.0 Å². The molecule has 0 radical (unpaired) electrons. The molecule has 0 bridgehead atoms. The van der Waals surface area contributed by atoms with Gasteiger partial charge in [-0.2, -0.15) is 0 Å². The second-order valence-electron chi connectivity index (χ2n) is 5.44. The maximum absolute atomic E-state index is 12.4. The van der Waals surface area contributed by atoms with Crippen LogP contribution in [0.4, 0.5) is 0 Å². The Labute approximate surface area is 141 Å². The minimum absolute atomic E-state index is 0.150. The number of hydrogen-bond acceptors (Lipinski definition) is 4. The fourth-order valence-corrected chi connectivity index (χ4v) is 2.82. The Balaban J connectivity index is 1.66. The van der Waals surface area contributed by atoms with Gasteiger partial charge in [-0.15, -0.1) is 0 Å². The molecule has 3 aromatic rings. The summed E-state index contributed by atoms with van der Waals surface area (Å²) in [6, 6.07) is 7.04. The van der Waals surface area contributed by atoms with Crippen LogP contribution >= 0.6 is 15.9 Å². The van der Waals surface area contributed by atoms with Gasteiger partial charge in [0.1, 0.15) is 17.2 Å². The standard InChI is InChI=1S/C16H17BrN4O2/c1-21(9-15-19-4-5-20-15)16(22)13(18)8-12-7-10-6-11(17)2-3-14(10)23-12/h2-7,13H,8-9,18H2,1H3,(H,19,20). The first-order chi connectivity index (χ1) is 11.0. The zero-order valence-corrected chi connectivity index (χ0v) is 14.2. The number of carbonyl (C=O) groups is 1. The highest BCUT2D eigenvalue weighted by atomic mass is 79.9. The van der Waals surface area contributed by atoms with Crippen LogP contribution in [-0.4, -0.2) is 33.9 Å². The van der Waals surface area contributed by atoms with Gasteiger partial charge in [0.2, 0.25) is 5.91 Å². The minimum Gasteiger partial charge on any atom is -0.461 e. The van der Waals surface area contributed by atoms with Crippen molar-refractivity contribution in [3.8, 4) is 0 Å². The molecule has 0 spiro atoms. The summed E-state index contributed by atoms with van der Waals surface area (Å²) in [7, 11) is 1.71. The number of halogens is 1. The highest BCUT2D eigenvalue weighted by Gasteiger charge is 2.21. The van der Waals surface area contributed by atoms with Gasteiger partial charge in [-0.3, -0.25) is 4.79 Å². The van der Waals surface area contributed by atoms with Gasteiger partial charge >= 0.3 is 0 Å². The second-order valence-corrected chi connectivity index (χ2v) is 6.35. The summed E-state index contributed by atoms with van der Waals surface area (Å²) < 4.78 is 6.72. The van der Waals surface area contributed by atoms with Gasteiger partial charge in [0, 0.05) is 35.7 Å². The van der Waals surface area contributed by atoms with Crippen LogP contribution in [0.5, 0.6) is 0 Å². The zero-order chi connectivity index (χ0) is 16.4. The minimum atomic E-state index is -0.654. The number of aromatic amines is 1. The molecule has 7 heteroatoms. The molecular formula is C16H17BrN4O2. The number of amides is 1. The number of nitrogens with zero attached hydrogens (tertiary/aromatic N) is 2. The lowest BCUT2D eigenvalue weighted by molar-refractivity contribution is -0.131. The fourth-order valence-electron chi connectivity index (χ4n) is 2.44. The SMILES string of the molecule is CN(Cc1ncc[nH]1)C(=O)C(N)Cc1cc2cc(Br)ccc2o1. The van der Waals surface area contributed by atoms with Crippen LogP contribution in [0.2, 0.25) is 0 Å². The Bertz CT molecular complexity index is 813. The molecule has 2 aromatic heterocycles.